The lowest BCUT2D eigenvalue weighted by Crippen LogP contribution is -2.35. The van der Waals surface area contributed by atoms with Crippen LogP contribution < -0.4 is 4.74 Å². The first-order chi connectivity index (χ1) is 10.2. The second kappa shape index (κ2) is 8.17. The van der Waals surface area contributed by atoms with Crippen LogP contribution in [0.3, 0.4) is 0 Å². The van der Waals surface area contributed by atoms with Crippen molar-refractivity contribution in [2.24, 2.45) is 0 Å². The Hall–Kier alpha value is -1.36. The van der Waals surface area contributed by atoms with Crippen LogP contribution in [0, 0.1) is 6.92 Å². The second-order valence-corrected chi connectivity index (χ2v) is 6.17. The number of hydrogen-bond acceptors (Lipinski definition) is 4. The minimum absolute atomic E-state index is 0.325. The molecule has 0 aliphatic rings. The maximum absolute atomic E-state index is 10.2. The van der Waals surface area contributed by atoms with Gasteiger partial charge in [-0.05, 0) is 36.5 Å². The molecule has 114 valence electrons. The first kappa shape index (κ1) is 16.0. The Bertz CT molecular complexity index is 527. The fraction of sp³-hybridized carbons (Fsp3) is 0.412. The number of nitrogens with zero attached hydrogens (tertiary/aromatic N) is 1. The molecule has 2 rings (SSSR count). The largest absolute Gasteiger partial charge is 0.491 e. The number of rotatable bonds is 8. The minimum atomic E-state index is -0.482. The minimum Gasteiger partial charge on any atom is -0.491 e. The van der Waals surface area contributed by atoms with Gasteiger partial charge in [-0.15, -0.1) is 11.3 Å². The topological polar surface area (TPSA) is 32.7 Å². The third kappa shape index (κ3) is 5.16. The molecule has 0 saturated heterocycles. The van der Waals surface area contributed by atoms with Crippen LogP contribution in [-0.4, -0.2) is 35.8 Å². The van der Waals surface area contributed by atoms with E-state index in [-0.39, 0.29) is 0 Å². The van der Waals surface area contributed by atoms with Crippen molar-refractivity contribution in [3.8, 4) is 5.75 Å². The van der Waals surface area contributed by atoms with Crippen LogP contribution in [0.1, 0.15) is 17.4 Å². The molecule has 1 aromatic heterocycles. The summed E-state index contributed by atoms with van der Waals surface area (Å²) in [5.74, 6) is 0.845. The third-order valence-corrected chi connectivity index (χ3v) is 4.26. The number of aryl methyl sites for hydroxylation is 1. The number of ether oxygens (including phenoxy) is 1. The van der Waals surface area contributed by atoms with Crippen molar-refractivity contribution < 1.29 is 9.84 Å². The predicted molar refractivity (Wildman–Crippen MR) is 88.0 cm³/mol. The molecule has 0 aliphatic carbocycles. The molecule has 1 aromatic carbocycles. The van der Waals surface area contributed by atoms with E-state index in [1.165, 1.54) is 4.88 Å². The van der Waals surface area contributed by atoms with Gasteiger partial charge >= 0.3 is 0 Å². The zero-order chi connectivity index (χ0) is 15.1. The standard InChI is InChI=1S/C17H23NO2S/c1-3-18(12-16-8-6-10-21-16)11-15(19)13-20-17-9-5-4-7-14(17)2/h4-10,15,19H,3,11-13H2,1-2H3. The van der Waals surface area contributed by atoms with Crippen LogP contribution in [0.5, 0.6) is 5.75 Å². The number of likely N-dealkylation sites (N-methyl/N-ethyl adjacent to an activating group) is 1. The number of para-hydroxylation sites is 1. The molecule has 2 aromatic rings. The molecule has 1 unspecified atom stereocenters. The summed E-state index contributed by atoms with van der Waals surface area (Å²) in [4.78, 5) is 3.56. The van der Waals surface area contributed by atoms with Crippen LogP contribution in [0.25, 0.3) is 0 Å². The van der Waals surface area contributed by atoms with Gasteiger partial charge in [0.05, 0.1) is 0 Å². The molecule has 0 bridgehead atoms. The molecule has 0 amide bonds. The Morgan fingerprint density at radius 1 is 1.24 bits per heavy atom. The van der Waals surface area contributed by atoms with Gasteiger partial charge in [0.1, 0.15) is 18.5 Å². The van der Waals surface area contributed by atoms with Gasteiger partial charge in [0.2, 0.25) is 0 Å². The van der Waals surface area contributed by atoms with Crippen molar-refractivity contribution in [3.05, 3.63) is 52.2 Å². The smallest absolute Gasteiger partial charge is 0.122 e. The number of hydrogen-bond donors (Lipinski definition) is 1. The summed E-state index contributed by atoms with van der Waals surface area (Å²) in [7, 11) is 0. The van der Waals surface area contributed by atoms with E-state index in [0.717, 1.165) is 24.4 Å². The fourth-order valence-corrected chi connectivity index (χ4v) is 2.93. The van der Waals surface area contributed by atoms with Crippen molar-refractivity contribution in [2.45, 2.75) is 26.5 Å². The van der Waals surface area contributed by atoms with Crippen LogP contribution in [0.15, 0.2) is 41.8 Å². The zero-order valence-electron chi connectivity index (χ0n) is 12.7. The van der Waals surface area contributed by atoms with E-state index in [1.54, 1.807) is 11.3 Å². The Morgan fingerprint density at radius 3 is 2.71 bits per heavy atom. The molecule has 1 heterocycles. The van der Waals surface area contributed by atoms with Gasteiger partial charge in [0.25, 0.3) is 0 Å². The summed E-state index contributed by atoms with van der Waals surface area (Å²) in [5.41, 5.74) is 1.09. The Kier molecular flexibility index (Phi) is 6.23. The van der Waals surface area contributed by atoms with Gasteiger partial charge in [-0.3, -0.25) is 4.90 Å². The summed E-state index contributed by atoms with van der Waals surface area (Å²) >= 11 is 1.75. The zero-order valence-corrected chi connectivity index (χ0v) is 13.5. The van der Waals surface area contributed by atoms with Crippen molar-refractivity contribution in [3.63, 3.8) is 0 Å². The first-order valence-electron chi connectivity index (χ1n) is 7.30. The molecule has 4 heteroatoms. The molecule has 0 aliphatic heterocycles. The summed E-state index contributed by atoms with van der Waals surface area (Å²) in [6.07, 6.45) is -0.482. The van der Waals surface area contributed by atoms with Crippen molar-refractivity contribution in [2.75, 3.05) is 19.7 Å². The molecule has 0 radical (unpaired) electrons. The van der Waals surface area contributed by atoms with E-state index < -0.39 is 6.10 Å². The fourth-order valence-electron chi connectivity index (χ4n) is 2.18. The highest BCUT2D eigenvalue weighted by Crippen LogP contribution is 2.16. The summed E-state index contributed by atoms with van der Waals surface area (Å²) in [6.45, 7) is 6.88. The van der Waals surface area contributed by atoms with E-state index in [4.69, 9.17) is 4.74 Å². The van der Waals surface area contributed by atoms with Gasteiger partial charge in [-0.1, -0.05) is 31.2 Å². The van der Waals surface area contributed by atoms with Gasteiger partial charge in [-0.2, -0.15) is 0 Å². The highest BCUT2D eigenvalue weighted by Gasteiger charge is 2.12. The molecule has 1 N–H and O–H groups in total. The Balaban J connectivity index is 1.80. The SMILES string of the molecule is CCN(Cc1cccs1)CC(O)COc1ccccc1C. The summed E-state index contributed by atoms with van der Waals surface area (Å²) < 4.78 is 5.71. The Morgan fingerprint density at radius 2 is 2.05 bits per heavy atom. The molecule has 0 fully saturated rings. The third-order valence-electron chi connectivity index (χ3n) is 3.40. The number of aliphatic hydroxyl groups excluding tert-OH is 1. The number of benzene rings is 1. The highest BCUT2D eigenvalue weighted by molar-refractivity contribution is 7.09. The maximum Gasteiger partial charge on any atom is 0.122 e. The van der Waals surface area contributed by atoms with Crippen molar-refractivity contribution in [1.29, 1.82) is 0 Å². The van der Waals surface area contributed by atoms with Crippen molar-refractivity contribution >= 4 is 11.3 Å². The molecule has 0 spiro atoms. The molecular weight excluding hydrogens is 282 g/mol. The van der Waals surface area contributed by atoms with Gasteiger partial charge < -0.3 is 9.84 Å². The van der Waals surface area contributed by atoms with Gasteiger partial charge in [0, 0.05) is 18.0 Å². The van der Waals surface area contributed by atoms with E-state index in [9.17, 15) is 5.11 Å². The average molecular weight is 305 g/mol. The first-order valence-corrected chi connectivity index (χ1v) is 8.18. The number of aliphatic hydroxyl groups is 1. The average Bonchev–Trinajstić information content (AvgIpc) is 2.98. The quantitative estimate of drug-likeness (QED) is 0.812. The van der Waals surface area contributed by atoms with Gasteiger partial charge in [0.15, 0.2) is 0 Å². The Labute approximate surface area is 130 Å². The highest BCUT2D eigenvalue weighted by atomic mass is 32.1. The van der Waals surface area contributed by atoms with E-state index in [0.29, 0.717) is 13.2 Å². The molecule has 21 heavy (non-hydrogen) atoms. The lowest BCUT2D eigenvalue weighted by molar-refractivity contribution is 0.0675. The molecule has 0 saturated carbocycles. The normalized spacial score (nSPS) is 12.6. The van der Waals surface area contributed by atoms with Crippen LogP contribution >= 0.6 is 11.3 Å². The summed E-state index contributed by atoms with van der Waals surface area (Å²) in [5, 5.41) is 12.3. The van der Waals surface area contributed by atoms with E-state index in [1.807, 2.05) is 31.2 Å². The number of thiophene rings is 1. The summed E-state index contributed by atoms with van der Waals surface area (Å²) in [6, 6.07) is 12.1. The lowest BCUT2D eigenvalue weighted by atomic mass is 10.2. The van der Waals surface area contributed by atoms with Crippen LogP contribution in [-0.2, 0) is 6.54 Å². The second-order valence-electron chi connectivity index (χ2n) is 5.14. The van der Waals surface area contributed by atoms with Gasteiger partial charge in [-0.25, -0.2) is 0 Å². The molecule has 1 atom stereocenters. The maximum atomic E-state index is 10.2. The van der Waals surface area contributed by atoms with Crippen molar-refractivity contribution in [1.82, 2.24) is 4.90 Å². The molecular formula is C17H23NO2S. The van der Waals surface area contributed by atoms with Crippen LogP contribution in [0.4, 0.5) is 0 Å². The molecule has 3 nitrogen and oxygen atoms in total. The van der Waals surface area contributed by atoms with E-state index in [2.05, 4.69) is 29.3 Å². The van der Waals surface area contributed by atoms with E-state index >= 15 is 0 Å². The van der Waals surface area contributed by atoms with Crippen LogP contribution in [0.2, 0.25) is 0 Å². The lowest BCUT2D eigenvalue weighted by Gasteiger charge is -2.23. The monoisotopic (exact) mass is 305 g/mol. The predicted octanol–water partition coefficient (Wildman–Crippen LogP) is 3.32.